The van der Waals surface area contributed by atoms with Crippen LogP contribution in [-0.2, 0) is 0 Å². The molecule has 106 valence electrons. The monoisotopic (exact) mass is 291 g/mol. The molecule has 1 aromatic heterocycles. The van der Waals surface area contributed by atoms with Crippen molar-refractivity contribution in [2.75, 3.05) is 5.32 Å². The number of hydrogen-bond acceptors (Lipinski definition) is 5. The van der Waals surface area contributed by atoms with Crippen LogP contribution in [0.3, 0.4) is 0 Å². The third-order valence-electron chi connectivity index (χ3n) is 3.86. The van der Waals surface area contributed by atoms with E-state index in [1.54, 1.807) is 12.1 Å². The highest BCUT2D eigenvalue weighted by Gasteiger charge is 2.38. The van der Waals surface area contributed by atoms with E-state index in [-0.39, 0.29) is 16.1 Å². The van der Waals surface area contributed by atoms with Crippen LogP contribution in [0.5, 0.6) is 0 Å². The molecule has 1 fully saturated rings. The minimum atomic E-state index is -0.320. The first-order valence-electron chi connectivity index (χ1n) is 6.70. The van der Waals surface area contributed by atoms with Crippen molar-refractivity contribution in [2.24, 2.45) is 5.92 Å². The van der Waals surface area contributed by atoms with E-state index in [0.29, 0.717) is 11.6 Å². The van der Waals surface area contributed by atoms with E-state index in [2.05, 4.69) is 24.1 Å². The maximum atomic E-state index is 11.3. The quantitative estimate of drug-likeness (QED) is 0.679. The van der Waals surface area contributed by atoms with Crippen LogP contribution in [0.25, 0.3) is 10.2 Å². The molecule has 20 heavy (non-hydrogen) atoms. The highest BCUT2D eigenvalue weighted by atomic mass is 32.1. The number of fused-ring (bicyclic) bond motifs is 1. The second-order valence-corrected chi connectivity index (χ2v) is 7.18. The lowest BCUT2D eigenvalue weighted by Crippen LogP contribution is -2.33. The van der Waals surface area contributed by atoms with Crippen molar-refractivity contribution in [1.29, 1.82) is 0 Å². The zero-order valence-corrected chi connectivity index (χ0v) is 12.6. The van der Waals surface area contributed by atoms with Gasteiger partial charge in [-0.2, -0.15) is 0 Å². The summed E-state index contributed by atoms with van der Waals surface area (Å²) in [6.45, 7) is 6.12. The molecule has 0 saturated heterocycles. The van der Waals surface area contributed by atoms with Gasteiger partial charge in [0.15, 0.2) is 0 Å². The smallest absolute Gasteiger partial charge is 0.293 e. The Morgan fingerprint density at radius 2 is 2.15 bits per heavy atom. The van der Waals surface area contributed by atoms with Crippen molar-refractivity contribution in [3.05, 3.63) is 27.3 Å². The molecule has 5 nitrogen and oxygen atoms in total. The van der Waals surface area contributed by atoms with Crippen LogP contribution >= 0.6 is 11.3 Å². The standard InChI is InChI=1S/C14H17N3O2S/c1-8-15-11-6-10(16-14(2,3)9-4-5-9)12(17(18)19)7-13(11)20-8/h6-7,9,16H,4-5H2,1-3H3. The Labute approximate surface area is 121 Å². The SMILES string of the molecule is Cc1nc2cc(NC(C)(C)C3CC3)c([N+](=O)[O-])cc2s1. The maximum absolute atomic E-state index is 11.3. The molecule has 0 radical (unpaired) electrons. The number of nitrogens with zero attached hydrogens (tertiary/aromatic N) is 2. The molecule has 1 heterocycles. The normalized spacial score (nSPS) is 15.6. The number of hydrogen-bond donors (Lipinski definition) is 1. The molecular formula is C14H17N3O2S. The molecule has 0 atom stereocenters. The molecule has 0 bridgehead atoms. The van der Waals surface area contributed by atoms with E-state index in [0.717, 1.165) is 15.2 Å². The first kappa shape index (κ1) is 13.3. The van der Waals surface area contributed by atoms with Gasteiger partial charge >= 0.3 is 0 Å². The summed E-state index contributed by atoms with van der Waals surface area (Å²) in [5.41, 5.74) is 1.41. The topological polar surface area (TPSA) is 68.1 Å². The molecule has 1 N–H and O–H groups in total. The first-order chi connectivity index (χ1) is 9.37. The van der Waals surface area contributed by atoms with Gasteiger partial charge in [-0.15, -0.1) is 11.3 Å². The average Bonchev–Trinajstić information content (AvgIpc) is 3.11. The minimum absolute atomic E-state index is 0.122. The summed E-state index contributed by atoms with van der Waals surface area (Å²) >= 11 is 1.49. The fourth-order valence-corrected chi connectivity index (χ4v) is 3.43. The fraction of sp³-hybridized carbons (Fsp3) is 0.500. The Morgan fingerprint density at radius 1 is 1.45 bits per heavy atom. The van der Waals surface area contributed by atoms with Crippen molar-refractivity contribution in [3.63, 3.8) is 0 Å². The molecular weight excluding hydrogens is 274 g/mol. The minimum Gasteiger partial charge on any atom is -0.374 e. The summed E-state index contributed by atoms with van der Waals surface area (Å²) in [5.74, 6) is 0.593. The van der Waals surface area contributed by atoms with Crippen molar-refractivity contribution in [1.82, 2.24) is 4.98 Å². The number of nitrogens with one attached hydrogen (secondary N) is 1. The molecule has 3 rings (SSSR count). The van der Waals surface area contributed by atoms with Crippen molar-refractivity contribution in [3.8, 4) is 0 Å². The van der Waals surface area contributed by atoms with Crippen LogP contribution in [-0.4, -0.2) is 15.4 Å². The van der Waals surface area contributed by atoms with E-state index in [1.807, 2.05) is 6.92 Å². The molecule has 0 aliphatic heterocycles. The van der Waals surface area contributed by atoms with Crippen LogP contribution in [0.4, 0.5) is 11.4 Å². The van der Waals surface area contributed by atoms with Crippen molar-refractivity contribution >= 4 is 32.9 Å². The van der Waals surface area contributed by atoms with Crippen LogP contribution in [0, 0.1) is 23.0 Å². The summed E-state index contributed by atoms with van der Waals surface area (Å²) in [5, 5.41) is 15.6. The van der Waals surface area contributed by atoms with Gasteiger partial charge in [0, 0.05) is 11.6 Å². The average molecular weight is 291 g/mol. The highest BCUT2D eigenvalue weighted by molar-refractivity contribution is 7.18. The summed E-state index contributed by atoms with van der Waals surface area (Å²) in [7, 11) is 0. The van der Waals surface area contributed by atoms with Gasteiger partial charge in [-0.25, -0.2) is 4.98 Å². The third kappa shape index (κ3) is 2.35. The Kier molecular flexibility index (Phi) is 2.93. The molecule has 6 heteroatoms. The Balaban J connectivity index is 2.06. The van der Waals surface area contributed by atoms with Gasteiger partial charge < -0.3 is 5.32 Å². The Morgan fingerprint density at radius 3 is 2.75 bits per heavy atom. The van der Waals surface area contributed by atoms with Crippen LogP contribution in [0.2, 0.25) is 0 Å². The summed E-state index contributed by atoms with van der Waals surface area (Å²) in [6, 6.07) is 3.44. The van der Waals surface area contributed by atoms with Crippen LogP contribution in [0.15, 0.2) is 12.1 Å². The predicted molar refractivity (Wildman–Crippen MR) is 81.4 cm³/mol. The third-order valence-corrected chi connectivity index (χ3v) is 4.80. The summed E-state index contributed by atoms with van der Waals surface area (Å²) in [6.07, 6.45) is 2.37. The van der Waals surface area contributed by atoms with E-state index >= 15 is 0 Å². The van der Waals surface area contributed by atoms with E-state index in [1.165, 1.54) is 24.2 Å². The Bertz CT molecular complexity index is 689. The number of benzene rings is 1. The van der Waals surface area contributed by atoms with E-state index in [9.17, 15) is 10.1 Å². The van der Waals surface area contributed by atoms with E-state index in [4.69, 9.17) is 0 Å². The molecule has 0 amide bonds. The zero-order chi connectivity index (χ0) is 14.5. The summed E-state index contributed by atoms with van der Waals surface area (Å²) in [4.78, 5) is 15.4. The van der Waals surface area contributed by atoms with Crippen molar-refractivity contribution < 1.29 is 4.92 Å². The van der Waals surface area contributed by atoms with Gasteiger partial charge in [-0.3, -0.25) is 10.1 Å². The molecule has 1 aliphatic rings. The lowest BCUT2D eigenvalue weighted by molar-refractivity contribution is -0.383. The number of anilines is 1. The van der Waals surface area contributed by atoms with Gasteiger partial charge in [0.25, 0.3) is 5.69 Å². The molecule has 1 aromatic carbocycles. The molecule has 0 unspecified atom stereocenters. The lowest BCUT2D eigenvalue weighted by Gasteiger charge is -2.27. The van der Waals surface area contributed by atoms with Gasteiger partial charge in [-0.1, -0.05) is 0 Å². The highest BCUT2D eigenvalue weighted by Crippen LogP contribution is 2.43. The largest absolute Gasteiger partial charge is 0.374 e. The number of rotatable bonds is 4. The molecule has 2 aromatic rings. The zero-order valence-electron chi connectivity index (χ0n) is 11.8. The number of aromatic nitrogens is 1. The lowest BCUT2D eigenvalue weighted by atomic mass is 9.98. The number of aryl methyl sites for hydroxylation is 1. The van der Waals surface area contributed by atoms with Gasteiger partial charge in [-0.05, 0) is 45.6 Å². The fourth-order valence-electron chi connectivity index (χ4n) is 2.58. The van der Waals surface area contributed by atoms with Gasteiger partial charge in [0.2, 0.25) is 0 Å². The molecule has 1 aliphatic carbocycles. The predicted octanol–water partition coefficient (Wildman–Crippen LogP) is 4.11. The van der Waals surface area contributed by atoms with Gasteiger partial charge in [0.1, 0.15) is 5.69 Å². The number of nitro benzene ring substituents is 1. The van der Waals surface area contributed by atoms with Gasteiger partial charge in [0.05, 0.1) is 20.1 Å². The maximum Gasteiger partial charge on any atom is 0.293 e. The van der Waals surface area contributed by atoms with E-state index < -0.39 is 0 Å². The second-order valence-electron chi connectivity index (χ2n) is 5.95. The first-order valence-corrected chi connectivity index (χ1v) is 7.52. The Hall–Kier alpha value is -1.69. The molecule has 1 saturated carbocycles. The summed E-state index contributed by atoms with van der Waals surface area (Å²) < 4.78 is 0.865. The van der Waals surface area contributed by atoms with Crippen LogP contribution < -0.4 is 5.32 Å². The number of thiazole rings is 1. The van der Waals surface area contributed by atoms with Crippen LogP contribution in [0.1, 0.15) is 31.7 Å². The van der Waals surface area contributed by atoms with Crippen molar-refractivity contribution in [2.45, 2.75) is 39.2 Å². The molecule has 0 spiro atoms. The second kappa shape index (κ2) is 4.41. The number of nitro groups is 1.